The van der Waals surface area contributed by atoms with Crippen LogP contribution in [0.1, 0.15) is 34.1 Å². The van der Waals surface area contributed by atoms with Gasteiger partial charge in [0.2, 0.25) is 0 Å². The molecule has 0 bridgehead atoms. The highest BCUT2D eigenvalue weighted by molar-refractivity contribution is 6.33. The van der Waals surface area contributed by atoms with E-state index in [4.69, 9.17) is 16.3 Å². The van der Waals surface area contributed by atoms with Gasteiger partial charge in [-0.1, -0.05) is 23.7 Å². The van der Waals surface area contributed by atoms with Gasteiger partial charge in [-0.3, -0.25) is 0 Å². The number of rotatable bonds is 2. The van der Waals surface area contributed by atoms with Gasteiger partial charge in [-0.2, -0.15) is 0 Å². The second-order valence-electron chi connectivity index (χ2n) is 5.85. The molecule has 0 spiro atoms. The maximum Gasteiger partial charge on any atom is 0.0834 e. The van der Waals surface area contributed by atoms with E-state index in [1.165, 1.54) is 0 Å². The van der Waals surface area contributed by atoms with Crippen LogP contribution in [0.3, 0.4) is 0 Å². The third-order valence-corrected chi connectivity index (χ3v) is 3.61. The van der Waals surface area contributed by atoms with Gasteiger partial charge in [-0.15, -0.1) is 0 Å². The van der Waals surface area contributed by atoms with Gasteiger partial charge >= 0.3 is 0 Å². The summed E-state index contributed by atoms with van der Waals surface area (Å²) >= 11 is 6.16. The van der Waals surface area contributed by atoms with Crippen molar-refractivity contribution in [1.29, 1.82) is 0 Å². The molecule has 17 heavy (non-hydrogen) atoms. The van der Waals surface area contributed by atoms with E-state index in [2.05, 4.69) is 33.0 Å². The van der Waals surface area contributed by atoms with Gasteiger partial charge in [0.1, 0.15) is 0 Å². The predicted octanol–water partition coefficient (Wildman–Crippen LogP) is 4.10. The Morgan fingerprint density at radius 2 is 1.88 bits per heavy atom. The first kappa shape index (κ1) is 12.7. The zero-order chi connectivity index (χ0) is 12.7. The minimum absolute atomic E-state index is 0.0809. The fraction of sp³-hybridized carbons (Fsp3) is 0.571. The quantitative estimate of drug-likeness (QED) is 0.857. The van der Waals surface area contributed by atoms with Crippen molar-refractivity contribution in [3.63, 3.8) is 0 Å². The maximum atomic E-state index is 6.16. The first-order valence-electron chi connectivity index (χ1n) is 6.01. The van der Waals surface area contributed by atoms with Crippen molar-refractivity contribution < 1.29 is 4.74 Å². The van der Waals surface area contributed by atoms with Crippen LogP contribution in [-0.4, -0.2) is 17.2 Å². The summed E-state index contributed by atoms with van der Waals surface area (Å²) in [5.74, 6) is 0. The molecule has 2 rings (SSSR count). The van der Waals surface area contributed by atoms with Crippen molar-refractivity contribution in [1.82, 2.24) is 0 Å². The highest BCUT2D eigenvalue weighted by Crippen LogP contribution is 2.39. The van der Waals surface area contributed by atoms with Gasteiger partial charge in [0.05, 0.1) is 28.0 Å². The molecule has 1 aromatic rings. The van der Waals surface area contributed by atoms with Gasteiger partial charge in [0.15, 0.2) is 0 Å². The molecule has 1 atom stereocenters. The molecule has 3 heteroatoms. The molecule has 1 aromatic carbocycles. The summed E-state index contributed by atoms with van der Waals surface area (Å²) in [5.41, 5.74) is 0.721. The summed E-state index contributed by atoms with van der Waals surface area (Å²) in [6.07, 6.45) is 0.977. The lowest BCUT2D eigenvalue weighted by Gasteiger charge is -2.28. The topological polar surface area (TPSA) is 21.3 Å². The van der Waals surface area contributed by atoms with Crippen molar-refractivity contribution in [2.75, 3.05) is 5.32 Å². The second kappa shape index (κ2) is 4.18. The van der Waals surface area contributed by atoms with E-state index in [0.717, 1.165) is 17.1 Å². The maximum absolute atomic E-state index is 6.16. The van der Waals surface area contributed by atoms with Gasteiger partial charge in [0, 0.05) is 0 Å². The summed E-state index contributed by atoms with van der Waals surface area (Å²) in [6, 6.07) is 8.11. The first-order valence-corrected chi connectivity index (χ1v) is 6.39. The molecule has 2 nitrogen and oxygen atoms in total. The Bertz CT molecular complexity index is 414. The number of hydrogen-bond donors (Lipinski definition) is 1. The van der Waals surface area contributed by atoms with Gasteiger partial charge in [-0.05, 0) is 46.2 Å². The van der Waals surface area contributed by atoms with Crippen molar-refractivity contribution >= 4 is 17.3 Å². The number of halogens is 1. The fourth-order valence-electron chi connectivity index (χ4n) is 2.55. The number of benzene rings is 1. The van der Waals surface area contributed by atoms with E-state index in [-0.39, 0.29) is 17.2 Å². The summed E-state index contributed by atoms with van der Waals surface area (Å²) in [7, 11) is 0. The van der Waals surface area contributed by atoms with Crippen LogP contribution >= 0.6 is 11.6 Å². The van der Waals surface area contributed by atoms with E-state index in [9.17, 15) is 0 Å². The molecular formula is C14H20ClNO. The smallest absolute Gasteiger partial charge is 0.0834 e. The Morgan fingerprint density at radius 3 is 2.41 bits per heavy atom. The molecule has 0 aromatic heterocycles. The molecule has 1 unspecified atom stereocenters. The lowest BCUT2D eigenvalue weighted by Crippen LogP contribution is -2.38. The molecule has 0 amide bonds. The lowest BCUT2D eigenvalue weighted by molar-refractivity contribution is -0.0662. The molecule has 94 valence electrons. The van der Waals surface area contributed by atoms with Gasteiger partial charge in [-0.25, -0.2) is 0 Å². The van der Waals surface area contributed by atoms with Crippen molar-refractivity contribution in [3.05, 3.63) is 29.3 Å². The number of nitrogens with one attached hydrogen (secondary N) is 1. The zero-order valence-electron chi connectivity index (χ0n) is 10.9. The van der Waals surface area contributed by atoms with Gasteiger partial charge in [0.25, 0.3) is 0 Å². The summed E-state index contributed by atoms with van der Waals surface area (Å²) < 4.78 is 6.06. The standard InChI is InChI=1S/C14H20ClNO/c1-13(2)9-12(14(3,4)17-13)16-11-8-6-5-7-10(11)15/h5-8,12,16H,9H2,1-4H3. The first-order chi connectivity index (χ1) is 7.80. The van der Waals surface area contributed by atoms with Crippen LogP contribution in [0.5, 0.6) is 0 Å². The second-order valence-corrected chi connectivity index (χ2v) is 6.25. The molecule has 1 saturated heterocycles. The minimum atomic E-state index is -0.178. The van der Waals surface area contributed by atoms with E-state index >= 15 is 0 Å². The van der Waals surface area contributed by atoms with Crippen LogP contribution in [0.15, 0.2) is 24.3 Å². The van der Waals surface area contributed by atoms with Crippen LogP contribution in [-0.2, 0) is 4.74 Å². The van der Waals surface area contributed by atoms with E-state index in [1.54, 1.807) is 0 Å². The van der Waals surface area contributed by atoms with Crippen LogP contribution in [0.4, 0.5) is 5.69 Å². The van der Waals surface area contributed by atoms with Crippen molar-refractivity contribution in [3.8, 4) is 0 Å². The van der Waals surface area contributed by atoms with Crippen LogP contribution < -0.4 is 5.32 Å². The Labute approximate surface area is 108 Å². The third kappa shape index (κ3) is 2.75. The zero-order valence-corrected chi connectivity index (χ0v) is 11.6. The Kier molecular flexibility index (Phi) is 3.13. The third-order valence-electron chi connectivity index (χ3n) is 3.28. The van der Waals surface area contributed by atoms with Crippen LogP contribution in [0.25, 0.3) is 0 Å². The predicted molar refractivity (Wildman–Crippen MR) is 72.7 cm³/mol. The Hall–Kier alpha value is -0.730. The molecule has 0 radical (unpaired) electrons. The van der Waals surface area contributed by atoms with E-state index < -0.39 is 0 Å². The Balaban J connectivity index is 2.17. The molecule has 0 aliphatic carbocycles. The highest BCUT2D eigenvalue weighted by atomic mass is 35.5. The average Bonchev–Trinajstić information content (AvgIpc) is 2.38. The van der Waals surface area contributed by atoms with Gasteiger partial charge < -0.3 is 10.1 Å². The summed E-state index contributed by atoms with van der Waals surface area (Å²) in [5, 5.41) is 4.26. The molecule has 1 heterocycles. The Morgan fingerprint density at radius 1 is 1.24 bits per heavy atom. The van der Waals surface area contributed by atoms with E-state index in [0.29, 0.717) is 0 Å². The molecule has 1 aliphatic rings. The molecule has 1 fully saturated rings. The van der Waals surface area contributed by atoms with Crippen LogP contribution in [0.2, 0.25) is 5.02 Å². The van der Waals surface area contributed by atoms with Crippen molar-refractivity contribution in [2.45, 2.75) is 51.4 Å². The molecular weight excluding hydrogens is 234 g/mol. The molecule has 1 N–H and O–H groups in total. The summed E-state index contributed by atoms with van der Waals surface area (Å²) in [6.45, 7) is 8.50. The summed E-state index contributed by atoms with van der Waals surface area (Å²) in [4.78, 5) is 0. The molecule has 1 aliphatic heterocycles. The average molecular weight is 254 g/mol. The number of para-hydroxylation sites is 1. The fourth-order valence-corrected chi connectivity index (χ4v) is 2.74. The highest BCUT2D eigenvalue weighted by Gasteiger charge is 2.45. The van der Waals surface area contributed by atoms with Crippen molar-refractivity contribution in [2.24, 2.45) is 0 Å². The minimum Gasteiger partial charge on any atom is -0.378 e. The van der Waals surface area contributed by atoms with Crippen LogP contribution in [0, 0.1) is 0 Å². The molecule has 0 saturated carbocycles. The number of hydrogen-bond acceptors (Lipinski definition) is 2. The monoisotopic (exact) mass is 253 g/mol. The number of anilines is 1. The lowest BCUT2D eigenvalue weighted by atomic mass is 9.94. The number of ether oxygens (including phenoxy) is 1. The SMILES string of the molecule is CC1(C)CC(Nc2ccccc2Cl)C(C)(C)O1. The van der Waals surface area contributed by atoms with E-state index in [1.807, 2.05) is 24.3 Å². The largest absolute Gasteiger partial charge is 0.378 e. The normalized spacial score (nSPS) is 25.8.